The fourth-order valence-electron chi connectivity index (χ4n) is 4.34. The predicted molar refractivity (Wildman–Crippen MR) is 156 cm³/mol. The van der Waals surface area contributed by atoms with Gasteiger partial charge in [-0.25, -0.2) is 14.4 Å². The summed E-state index contributed by atoms with van der Waals surface area (Å²) in [5.41, 5.74) is 3.77. The molecule has 0 atom stereocenters. The highest BCUT2D eigenvalue weighted by molar-refractivity contribution is 6.03. The Bertz CT molecular complexity index is 1700. The van der Waals surface area contributed by atoms with Crippen molar-refractivity contribution in [3.63, 3.8) is 0 Å². The highest BCUT2D eigenvalue weighted by Crippen LogP contribution is 2.34. The molecule has 0 saturated heterocycles. The van der Waals surface area contributed by atoms with E-state index < -0.39 is 0 Å². The molecule has 40 heavy (non-hydrogen) atoms. The first-order valence-electron chi connectivity index (χ1n) is 12.9. The molecule has 0 spiro atoms. The lowest BCUT2D eigenvalue weighted by molar-refractivity contribution is -0.111. The van der Waals surface area contributed by atoms with Crippen molar-refractivity contribution in [1.82, 2.24) is 24.6 Å². The van der Waals surface area contributed by atoms with Crippen molar-refractivity contribution in [3.8, 4) is 5.75 Å². The minimum absolute atomic E-state index is 0.249. The molecule has 0 fully saturated rings. The molecule has 204 valence electrons. The Labute approximate surface area is 231 Å². The lowest BCUT2D eigenvalue weighted by Crippen LogP contribution is -2.13. The van der Waals surface area contributed by atoms with Crippen molar-refractivity contribution in [1.29, 1.82) is 0 Å². The smallest absolute Gasteiger partial charge is 0.248 e. The Morgan fingerprint density at radius 3 is 2.80 bits per heavy atom. The van der Waals surface area contributed by atoms with E-state index in [-0.39, 0.29) is 11.7 Å². The molecule has 0 saturated carbocycles. The number of hydrogen-bond acceptors (Lipinski definition) is 7. The molecule has 0 radical (unpaired) electrons. The standard InChI is InChI=1S/C30H30FN7O2/c1-4-40-28-15-24-25(16-26(28)36-29(39)9-6-12-37(2)3)32-19-33-30(24)35-23-10-11-27-21(14-23)17-34-38(27)18-20-7-5-8-22(31)13-20/h5-11,13-17,19H,4,12,18H2,1-3H3,(H,36,39)(H,32,33,35)/b9-6+. The van der Waals surface area contributed by atoms with Gasteiger partial charge in [0.2, 0.25) is 5.91 Å². The number of halogens is 1. The first-order chi connectivity index (χ1) is 19.4. The number of carbonyl (C=O) groups excluding carboxylic acids is 1. The van der Waals surface area contributed by atoms with E-state index in [0.29, 0.717) is 42.5 Å². The molecule has 3 aromatic carbocycles. The second-order valence-electron chi connectivity index (χ2n) is 9.51. The highest BCUT2D eigenvalue weighted by atomic mass is 19.1. The highest BCUT2D eigenvalue weighted by Gasteiger charge is 2.13. The zero-order valence-electron chi connectivity index (χ0n) is 22.6. The van der Waals surface area contributed by atoms with Gasteiger partial charge in [-0.05, 0) is 69.0 Å². The quantitative estimate of drug-likeness (QED) is 0.231. The summed E-state index contributed by atoms with van der Waals surface area (Å²) in [7, 11) is 3.87. The Morgan fingerprint density at radius 1 is 1.12 bits per heavy atom. The molecule has 0 aliphatic carbocycles. The van der Waals surface area contributed by atoms with Gasteiger partial charge in [0.25, 0.3) is 0 Å². The Morgan fingerprint density at radius 2 is 2.00 bits per heavy atom. The van der Waals surface area contributed by atoms with E-state index in [1.807, 2.05) is 60.9 Å². The van der Waals surface area contributed by atoms with Crippen molar-refractivity contribution < 1.29 is 13.9 Å². The number of rotatable bonds is 10. The summed E-state index contributed by atoms with van der Waals surface area (Å²) in [5.74, 6) is 0.606. The Kier molecular flexibility index (Phi) is 7.97. The number of aromatic nitrogens is 4. The summed E-state index contributed by atoms with van der Waals surface area (Å²) < 4.78 is 21.3. The first-order valence-corrected chi connectivity index (χ1v) is 12.9. The van der Waals surface area contributed by atoms with Crippen molar-refractivity contribution in [2.24, 2.45) is 0 Å². The van der Waals surface area contributed by atoms with Crippen LogP contribution >= 0.6 is 0 Å². The van der Waals surface area contributed by atoms with Crippen LogP contribution in [-0.4, -0.2) is 57.8 Å². The molecule has 9 nitrogen and oxygen atoms in total. The van der Waals surface area contributed by atoms with Crippen LogP contribution in [0.3, 0.4) is 0 Å². The van der Waals surface area contributed by atoms with Gasteiger partial charge in [-0.15, -0.1) is 0 Å². The Hall–Kier alpha value is -4.83. The summed E-state index contributed by atoms with van der Waals surface area (Å²) in [4.78, 5) is 23.3. The van der Waals surface area contributed by atoms with Gasteiger partial charge < -0.3 is 20.3 Å². The van der Waals surface area contributed by atoms with Gasteiger partial charge in [-0.2, -0.15) is 5.10 Å². The maximum absolute atomic E-state index is 13.6. The summed E-state index contributed by atoms with van der Waals surface area (Å²) in [6, 6.07) is 16.0. The fourth-order valence-corrected chi connectivity index (χ4v) is 4.34. The monoisotopic (exact) mass is 539 g/mol. The van der Waals surface area contributed by atoms with Gasteiger partial charge in [0.1, 0.15) is 23.7 Å². The number of benzene rings is 3. The minimum Gasteiger partial charge on any atom is -0.492 e. The van der Waals surface area contributed by atoms with E-state index in [9.17, 15) is 9.18 Å². The maximum Gasteiger partial charge on any atom is 0.248 e. The van der Waals surface area contributed by atoms with Crippen LogP contribution in [0.25, 0.3) is 21.8 Å². The van der Waals surface area contributed by atoms with Crippen molar-refractivity contribution >= 4 is 44.9 Å². The molecule has 0 unspecified atom stereocenters. The van der Waals surface area contributed by atoms with Crippen LogP contribution in [0.15, 0.2) is 79.3 Å². The summed E-state index contributed by atoms with van der Waals surface area (Å²) in [6.07, 6.45) is 6.56. The zero-order valence-corrected chi connectivity index (χ0v) is 22.6. The summed E-state index contributed by atoms with van der Waals surface area (Å²) in [5, 5.41) is 12.4. The van der Waals surface area contributed by atoms with E-state index in [4.69, 9.17) is 4.74 Å². The van der Waals surface area contributed by atoms with E-state index in [2.05, 4.69) is 25.7 Å². The molecule has 2 heterocycles. The lowest BCUT2D eigenvalue weighted by atomic mass is 10.1. The van der Waals surface area contributed by atoms with Gasteiger partial charge in [-0.3, -0.25) is 9.48 Å². The topological polar surface area (TPSA) is 97.2 Å². The fraction of sp³-hybridized carbons (Fsp3) is 0.200. The van der Waals surface area contributed by atoms with Crippen LogP contribution in [0.1, 0.15) is 12.5 Å². The minimum atomic E-state index is -0.267. The number of fused-ring (bicyclic) bond motifs is 2. The number of hydrogen-bond donors (Lipinski definition) is 2. The molecular formula is C30H30FN7O2. The second kappa shape index (κ2) is 11.9. The van der Waals surface area contributed by atoms with E-state index in [0.717, 1.165) is 27.5 Å². The third-order valence-corrected chi connectivity index (χ3v) is 6.16. The van der Waals surface area contributed by atoms with Crippen LogP contribution in [0.4, 0.5) is 21.6 Å². The molecule has 1 amide bonds. The number of ether oxygens (including phenoxy) is 1. The van der Waals surface area contributed by atoms with Crippen LogP contribution < -0.4 is 15.4 Å². The molecule has 10 heteroatoms. The SMILES string of the molecule is CCOc1cc2c(Nc3ccc4c(cnn4Cc4cccc(F)c4)c3)ncnc2cc1NC(=O)/C=C/CN(C)C. The van der Waals surface area contributed by atoms with Gasteiger partial charge in [-0.1, -0.05) is 18.2 Å². The summed E-state index contributed by atoms with van der Waals surface area (Å²) in [6.45, 7) is 3.44. The third kappa shape index (κ3) is 6.24. The lowest BCUT2D eigenvalue weighted by Gasteiger charge is -2.14. The number of anilines is 3. The normalized spacial score (nSPS) is 11.5. The number of likely N-dealkylation sites (N-methyl/N-ethyl adjacent to an activating group) is 1. The van der Waals surface area contributed by atoms with Crippen LogP contribution in [0, 0.1) is 5.82 Å². The van der Waals surface area contributed by atoms with Gasteiger partial charge in [0.05, 0.1) is 36.1 Å². The third-order valence-electron chi connectivity index (χ3n) is 6.16. The second-order valence-corrected chi connectivity index (χ2v) is 9.51. The van der Waals surface area contributed by atoms with Crippen molar-refractivity contribution in [2.45, 2.75) is 13.5 Å². The van der Waals surface area contributed by atoms with Gasteiger partial charge in [0.15, 0.2) is 0 Å². The van der Waals surface area contributed by atoms with Gasteiger partial charge in [0, 0.05) is 29.1 Å². The number of nitrogens with zero attached hydrogens (tertiary/aromatic N) is 5. The first kappa shape index (κ1) is 26.8. The van der Waals surface area contributed by atoms with Crippen molar-refractivity contribution in [2.75, 3.05) is 37.9 Å². The average Bonchev–Trinajstić information content (AvgIpc) is 3.31. The van der Waals surface area contributed by atoms with E-state index >= 15 is 0 Å². The average molecular weight is 540 g/mol. The largest absolute Gasteiger partial charge is 0.492 e. The zero-order chi connectivity index (χ0) is 28.1. The van der Waals surface area contributed by atoms with Crippen LogP contribution in [0.2, 0.25) is 0 Å². The molecule has 5 rings (SSSR count). The van der Waals surface area contributed by atoms with E-state index in [1.54, 1.807) is 24.4 Å². The molecule has 0 aliphatic rings. The van der Waals surface area contributed by atoms with Crippen LogP contribution in [0.5, 0.6) is 5.75 Å². The molecule has 2 aromatic heterocycles. The number of nitrogens with one attached hydrogen (secondary N) is 2. The number of amides is 1. The predicted octanol–water partition coefficient (Wildman–Crippen LogP) is 5.37. The molecule has 5 aromatic rings. The molecule has 0 aliphatic heterocycles. The Balaban J connectivity index is 1.40. The summed E-state index contributed by atoms with van der Waals surface area (Å²) >= 11 is 0. The van der Waals surface area contributed by atoms with Gasteiger partial charge >= 0.3 is 0 Å². The maximum atomic E-state index is 13.6. The van der Waals surface area contributed by atoms with Crippen molar-refractivity contribution in [3.05, 3.63) is 90.7 Å². The number of carbonyl (C=O) groups is 1. The molecular weight excluding hydrogens is 509 g/mol. The molecule has 0 bridgehead atoms. The molecule has 2 N–H and O–H groups in total. The van der Waals surface area contributed by atoms with E-state index in [1.165, 1.54) is 24.5 Å². The van der Waals surface area contributed by atoms with Crippen LogP contribution in [-0.2, 0) is 11.3 Å².